The van der Waals surface area contributed by atoms with Crippen LogP contribution in [0.2, 0.25) is 0 Å². The standard InChI is InChI=1S/C27H21FN8O2/c1-15(34-24-21(30-2)14-31-26(29)35-24)22-10-16-6-4-9-20(17-12-32-27(38-3)33-13-17)23(16)25(37)36(22)19-8-5-7-18(28)11-19/h4-15H,1,3H3,(H3,29,31,34,35)/t15-/m0/s1. The molecule has 0 radical (unpaired) electrons. The van der Waals surface area contributed by atoms with E-state index in [1.807, 2.05) is 25.1 Å². The van der Waals surface area contributed by atoms with E-state index < -0.39 is 11.9 Å². The van der Waals surface area contributed by atoms with Crippen LogP contribution >= 0.6 is 0 Å². The van der Waals surface area contributed by atoms with Crippen LogP contribution in [0.3, 0.4) is 0 Å². The predicted molar refractivity (Wildman–Crippen MR) is 142 cm³/mol. The number of nitrogens with two attached hydrogens (primary N) is 1. The monoisotopic (exact) mass is 508 g/mol. The van der Waals surface area contributed by atoms with Crippen molar-refractivity contribution in [3.8, 4) is 22.8 Å². The molecule has 0 aliphatic carbocycles. The van der Waals surface area contributed by atoms with E-state index in [-0.39, 0.29) is 29.0 Å². The van der Waals surface area contributed by atoms with Crippen LogP contribution < -0.4 is 21.3 Å². The van der Waals surface area contributed by atoms with Crippen molar-refractivity contribution in [1.29, 1.82) is 0 Å². The van der Waals surface area contributed by atoms with Crippen molar-refractivity contribution < 1.29 is 9.13 Å². The molecule has 38 heavy (non-hydrogen) atoms. The van der Waals surface area contributed by atoms with Crippen LogP contribution in [0.1, 0.15) is 18.7 Å². The van der Waals surface area contributed by atoms with Crippen molar-refractivity contribution in [2.24, 2.45) is 0 Å². The van der Waals surface area contributed by atoms with Crippen molar-refractivity contribution in [1.82, 2.24) is 24.5 Å². The van der Waals surface area contributed by atoms with Crippen LogP contribution in [0.5, 0.6) is 6.01 Å². The number of nitrogens with one attached hydrogen (secondary N) is 1. The summed E-state index contributed by atoms with van der Waals surface area (Å²) in [6.45, 7) is 9.24. The van der Waals surface area contributed by atoms with Gasteiger partial charge in [0.25, 0.3) is 5.56 Å². The molecule has 11 heteroatoms. The summed E-state index contributed by atoms with van der Waals surface area (Å²) >= 11 is 0. The fourth-order valence-electron chi connectivity index (χ4n) is 4.24. The molecule has 0 spiro atoms. The Balaban J connectivity index is 1.75. The number of pyridine rings is 1. The average Bonchev–Trinajstić information content (AvgIpc) is 2.92. The van der Waals surface area contributed by atoms with Gasteiger partial charge in [-0.25, -0.2) is 29.2 Å². The molecule has 0 aliphatic heterocycles. The topological polar surface area (TPSA) is 125 Å². The maximum absolute atomic E-state index is 14.3. The Morgan fingerprint density at radius 2 is 1.87 bits per heavy atom. The first-order chi connectivity index (χ1) is 18.4. The predicted octanol–water partition coefficient (Wildman–Crippen LogP) is 4.69. The zero-order chi connectivity index (χ0) is 26.8. The van der Waals surface area contributed by atoms with Gasteiger partial charge in [-0.2, -0.15) is 0 Å². The Bertz CT molecular complexity index is 1760. The van der Waals surface area contributed by atoms with Crippen molar-refractivity contribution in [2.75, 3.05) is 18.2 Å². The van der Waals surface area contributed by atoms with Gasteiger partial charge in [-0.05, 0) is 42.1 Å². The molecule has 0 saturated heterocycles. The molecule has 5 rings (SSSR count). The number of halogens is 1. The highest BCUT2D eigenvalue weighted by atomic mass is 19.1. The van der Waals surface area contributed by atoms with Crippen LogP contribution in [0, 0.1) is 12.4 Å². The molecule has 0 amide bonds. The second-order valence-electron chi connectivity index (χ2n) is 8.36. The highest BCUT2D eigenvalue weighted by Gasteiger charge is 2.20. The smallest absolute Gasteiger partial charge is 0.316 e. The van der Waals surface area contributed by atoms with Crippen molar-refractivity contribution in [3.05, 3.63) is 100 Å². The van der Waals surface area contributed by atoms with Crippen LogP contribution in [0.4, 0.5) is 21.8 Å². The van der Waals surface area contributed by atoms with Crippen molar-refractivity contribution in [3.63, 3.8) is 0 Å². The molecule has 3 N–H and O–H groups in total. The van der Waals surface area contributed by atoms with E-state index in [1.54, 1.807) is 24.5 Å². The third kappa shape index (κ3) is 4.46. The fraction of sp³-hybridized carbons (Fsp3) is 0.111. The first-order valence-corrected chi connectivity index (χ1v) is 11.5. The van der Waals surface area contributed by atoms with Gasteiger partial charge in [0.05, 0.1) is 30.8 Å². The number of fused-ring (bicyclic) bond motifs is 1. The number of aromatic nitrogens is 5. The van der Waals surface area contributed by atoms with Gasteiger partial charge in [-0.1, -0.05) is 24.3 Å². The van der Waals surface area contributed by atoms with Crippen molar-refractivity contribution >= 4 is 28.2 Å². The van der Waals surface area contributed by atoms with E-state index in [0.29, 0.717) is 33.3 Å². The molecule has 3 aromatic heterocycles. The fourth-order valence-corrected chi connectivity index (χ4v) is 4.24. The summed E-state index contributed by atoms with van der Waals surface area (Å²) in [6.07, 6.45) is 4.49. The van der Waals surface area contributed by atoms with Gasteiger partial charge in [0, 0.05) is 29.8 Å². The van der Waals surface area contributed by atoms with E-state index in [2.05, 4.69) is 30.1 Å². The highest BCUT2D eigenvalue weighted by Crippen LogP contribution is 2.31. The van der Waals surface area contributed by atoms with E-state index in [0.717, 1.165) is 0 Å². The number of benzene rings is 2. The minimum atomic E-state index is -0.543. The van der Waals surface area contributed by atoms with E-state index in [1.165, 1.54) is 36.1 Å². The molecule has 0 unspecified atom stereocenters. The summed E-state index contributed by atoms with van der Waals surface area (Å²) in [7, 11) is 1.47. The van der Waals surface area contributed by atoms with Gasteiger partial charge < -0.3 is 15.8 Å². The van der Waals surface area contributed by atoms with Gasteiger partial charge in [0.15, 0.2) is 0 Å². The molecule has 0 aliphatic rings. The summed E-state index contributed by atoms with van der Waals surface area (Å²) in [5.74, 6) is -0.265. The molecule has 0 saturated carbocycles. The first kappa shape index (κ1) is 24.3. The average molecular weight is 509 g/mol. The molecule has 1 atom stereocenters. The maximum Gasteiger partial charge on any atom is 0.316 e. The lowest BCUT2D eigenvalue weighted by molar-refractivity contribution is 0.380. The van der Waals surface area contributed by atoms with Crippen LogP contribution in [-0.4, -0.2) is 31.6 Å². The Labute approximate surface area is 216 Å². The Morgan fingerprint density at radius 3 is 2.58 bits per heavy atom. The highest BCUT2D eigenvalue weighted by molar-refractivity contribution is 5.96. The summed E-state index contributed by atoms with van der Waals surface area (Å²) in [5, 5.41) is 4.23. The molecule has 10 nitrogen and oxygen atoms in total. The molecule has 3 heterocycles. The second-order valence-corrected chi connectivity index (χ2v) is 8.36. The van der Waals surface area contributed by atoms with Crippen LogP contribution in [-0.2, 0) is 0 Å². The number of anilines is 2. The quantitative estimate of drug-likeness (QED) is 0.317. The lowest BCUT2D eigenvalue weighted by atomic mass is 9.99. The normalized spacial score (nSPS) is 11.6. The molecule has 0 fully saturated rings. The van der Waals surface area contributed by atoms with Crippen molar-refractivity contribution in [2.45, 2.75) is 13.0 Å². The van der Waals surface area contributed by atoms with E-state index in [4.69, 9.17) is 17.0 Å². The Hall–Kier alpha value is -5.37. The van der Waals surface area contributed by atoms with Crippen LogP contribution in [0.25, 0.3) is 32.4 Å². The summed E-state index contributed by atoms with van der Waals surface area (Å²) in [6, 6.07) is 12.7. The van der Waals surface area contributed by atoms with E-state index in [9.17, 15) is 9.18 Å². The van der Waals surface area contributed by atoms with Gasteiger partial charge >= 0.3 is 6.01 Å². The minimum Gasteiger partial charge on any atom is -0.467 e. The number of rotatable bonds is 6. The van der Waals surface area contributed by atoms with Crippen LogP contribution in [0.15, 0.2) is 71.9 Å². The van der Waals surface area contributed by atoms with Gasteiger partial charge in [0.1, 0.15) is 11.6 Å². The lowest BCUT2D eigenvalue weighted by Crippen LogP contribution is -2.26. The summed E-state index contributed by atoms with van der Waals surface area (Å²) in [4.78, 5) is 34.0. The van der Waals surface area contributed by atoms with Gasteiger partial charge in [-0.3, -0.25) is 9.36 Å². The summed E-state index contributed by atoms with van der Waals surface area (Å²) < 4.78 is 20.8. The third-order valence-corrected chi connectivity index (χ3v) is 5.97. The number of nitrogens with zero attached hydrogens (tertiary/aromatic N) is 6. The SMILES string of the molecule is [C-]#[N+]c1cnc(N)nc1N[C@@H](C)c1cc2cccc(-c3cnc(OC)nc3)c2c(=O)n1-c1cccc(F)c1. The molecule has 0 bridgehead atoms. The minimum absolute atomic E-state index is 0.000477. The third-order valence-electron chi connectivity index (χ3n) is 5.97. The molecular weight excluding hydrogens is 487 g/mol. The number of hydrogen-bond donors (Lipinski definition) is 2. The zero-order valence-electron chi connectivity index (χ0n) is 20.4. The van der Waals surface area contributed by atoms with Gasteiger partial charge in [0.2, 0.25) is 11.6 Å². The van der Waals surface area contributed by atoms with Gasteiger partial charge in [-0.15, -0.1) is 0 Å². The molecule has 2 aromatic carbocycles. The number of nitrogen functional groups attached to an aromatic ring is 1. The maximum atomic E-state index is 14.3. The number of ether oxygens (including phenoxy) is 1. The summed E-state index contributed by atoms with van der Waals surface area (Å²) in [5.41, 5.74) is 7.65. The molecular formula is C27H21FN8O2. The Kier molecular flexibility index (Phi) is 6.37. The molecule has 5 aromatic rings. The first-order valence-electron chi connectivity index (χ1n) is 11.5. The molecule has 188 valence electrons. The number of methoxy groups -OCH3 is 1. The Morgan fingerprint density at radius 1 is 1.11 bits per heavy atom. The zero-order valence-corrected chi connectivity index (χ0v) is 20.4. The second kappa shape index (κ2) is 9.94. The largest absolute Gasteiger partial charge is 0.467 e. The van der Waals surface area contributed by atoms with E-state index >= 15 is 0 Å². The number of hydrogen-bond acceptors (Lipinski definition) is 8. The lowest BCUT2D eigenvalue weighted by Gasteiger charge is -2.22.